The Morgan fingerprint density at radius 1 is 1.18 bits per heavy atom. The SMILES string of the molecule is Cc1ccc(C)c(/C=N/OCc2ccc3c(c2)OCOC3)c1. The highest BCUT2D eigenvalue weighted by molar-refractivity contribution is 5.81. The predicted molar refractivity (Wildman–Crippen MR) is 85.0 cm³/mol. The van der Waals surface area contributed by atoms with Gasteiger partial charge in [-0.25, -0.2) is 0 Å². The van der Waals surface area contributed by atoms with E-state index in [2.05, 4.69) is 37.2 Å². The van der Waals surface area contributed by atoms with Gasteiger partial charge in [0, 0.05) is 5.56 Å². The van der Waals surface area contributed by atoms with Crippen molar-refractivity contribution in [1.29, 1.82) is 0 Å². The molecule has 4 heteroatoms. The van der Waals surface area contributed by atoms with E-state index in [1.807, 2.05) is 18.2 Å². The highest BCUT2D eigenvalue weighted by Gasteiger charge is 2.10. The second-order valence-electron chi connectivity index (χ2n) is 5.42. The maximum Gasteiger partial charge on any atom is 0.189 e. The van der Waals surface area contributed by atoms with Crippen molar-refractivity contribution in [3.8, 4) is 5.75 Å². The van der Waals surface area contributed by atoms with Crippen molar-refractivity contribution in [2.45, 2.75) is 27.1 Å². The summed E-state index contributed by atoms with van der Waals surface area (Å²) in [4.78, 5) is 5.39. The minimum Gasteiger partial charge on any atom is -0.467 e. The summed E-state index contributed by atoms with van der Waals surface area (Å²) >= 11 is 0. The lowest BCUT2D eigenvalue weighted by Gasteiger charge is -2.17. The van der Waals surface area contributed by atoms with E-state index < -0.39 is 0 Å². The van der Waals surface area contributed by atoms with Crippen molar-refractivity contribution in [3.63, 3.8) is 0 Å². The molecule has 22 heavy (non-hydrogen) atoms. The summed E-state index contributed by atoms with van der Waals surface area (Å²) in [6.07, 6.45) is 1.76. The Bertz CT molecular complexity index is 695. The largest absolute Gasteiger partial charge is 0.467 e. The summed E-state index contributed by atoms with van der Waals surface area (Å²) in [6.45, 7) is 5.44. The second-order valence-corrected chi connectivity index (χ2v) is 5.42. The van der Waals surface area contributed by atoms with Gasteiger partial charge in [-0.1, -0.05) is 41.1 Å². The molecule has 3 rings (SSSR count). The normalized spacial score (nSPS) is 13.7. The Balaban J connectivity index is 1.61. The molecule has 0 spiro atoms. The van der Waals surface area contributed by atoms with E-state index in [0.717, 1.165) is 22.4 Å². The molecule has 0 fully saturated rings. The van der Waals surface area contributed by atoms with Crippen molar-refractivity contribution >= 4 is 6.21 Å². The molecule has 0 N–H and O–H groups in total. The molecule has 2 aromatic rings. The van der Waals surface area contributed by atoms with Crippen molar-refractivity contribution < 1.29 is 14.3 Å². The molecule has 1 aliphatic heterocycles. The highest BCUT2D eigenvalue weighted by atomic mass is 16.7. The first-order chi connectivity index (χ1) is 10.7. The van der Waals surface area contributed by atoms with Gasteiger partial charge in [0.1, 0.15) is 12.4 Å². The van der Waals surface area contributed by atoms with Crippen LogP contribution in [0.15, 0.2) is 41.6 Å². The summed E-state index contributed by atoms with van der Waals surface area (Å²) in [5.41, 5.74) is 5.56. The Hall–Kier alpha value is -2.33. The number of rotatable bonds is 4. The molecular formula is C18H19NO3. The topological polar surface area (TPSA) is 40.0 Å². The Kier molecular flexibility index (Phi) is 4.39. The number of hydrogen-bond acceptors (Lipinski definition) is 4. The van der Waals surface area contributed by atoms with Crippen molar-refractivity contribution in [3.05, 3.63) is 64.2 Å². The van der Waals surface area contributed by atoms with E-state index in [1.54, 1.807) is 6.21 Å². The molecule has 0 aliphatic carbocycles. The molecule has 0 radical (unpaired) electrons. The number of oxime groups is 1. The number of ether oxygens (including phenoxy) is 2. The third-order valence-electron chi connectivity index (χ3n) is 3.62. The quantitative estimate of drug-likeness (QED) is 0.638. The molecule has 2 aromatic carbocycles. The molecule has 1 aliphatic rings. The molecule has 0 atom stereocenters. The van der Waals surface area contributed by atoms with Crippen LogP contribution in [0.3, 0.4) is 0 Å². The van der Waals surface area contributed by atoms with Gasteiger partial charge in [-0.2, -0.15) is 0 Å². The number of fused-ring (bicyclic) bond motifs is 1. The summed E-state index contributed by atoms with van der Waals surface area (Å²) in [7, 11) is 0. The Morgan fingerprint density at radius 2 is 2.09 bits per heavy atom. The molecule has 1 heterocycles. The van der Waals surface area contributed by atoms with Crippen LogP contribution in [0, 0.1) is 13.8 Å². The van der Waals surface area contributed by atoms with Crippen LogP contribution in [0.25, 0.3) is 0 Å². The number of aryl methyl sites for hydroxylation is 2. The van der Waals surface area contributed by atoms with Gasteiger partial charge in [0.2, 0.25) is 0 Å². The van der Waals surface area contributed by atoms with E-state index in [4.69, 9.17) is 14.3 Å². The third-order valence-corrected chi connectivity index (χ3v) is 3.62. The lowest BCUT2D eigenvalue weighted by atomic mass is 10.1. The molecule has 4 nitrogen and oxygen atoms in total. The Morgan fingerprint density at radius 3 is 3.00 bits per heavy atom. The molecule has 0 aromatic heterocycles. The summed E-state index contributed by atoms with van der Waals surface area (Å²) in [5.74, 6) is 0.867. The second kappa shape index (κ2) is 6.62. The zero-order valence-electron chi connectivity index (χ0n) is 12.8. The van der Waals surface area contributed by atoms with Gasteiger partial charge in [0.25, 0.3) is 0 Å². The number of nitrogens with zero attached hydrogens (tertiary/aromatic N) is 1. The van der Waals surface area contributed by atoms with Crippen LogP contribution in [0.4, 0.5) is 0 Å². The van der Waals surface area contributed by atoms with Gasteiger partial charge in [-0.05, 0) is 36.6 Å². The first kappa shape index (κ1) is 14.6. The van der Waals surface area contributed by atoms with Gasteiger partial charge in [0.05, 0.1) is 12.8 Å². The van der Waals surface area contributed by atoms with Crippen molar-refractivity contribution in [1.82, 2.24) is 0 Å². The molecular weight excluding hydrogens is 278 g/mol. The highest BCUT2D eigenvalue weighted by Crippen LogP contribution is 2.25. The van der Waals surface area contributed by atoms with Crippen LogP contribution < -0.4 is 4.74 Å². The standard InChI is InChI=1S/C18H19NO3/c1-13-3-4-14(2)17(7-13)9-19-22-10-15-5-6-16-11-20-12-21-18(16)8-15/h3-9H,10-12H2,1-2H3/b19-9+. The third kappa shape index (κ3) is 3.46. The maximum atomic E-state index is 5.45. The van der Waals surface area contributed by atoms with Gasteiger partial charge in [-0.3, -0.25) is 0 Å². The van der Waals surface area contributed by atoms with Crippen molar-refractivity contribution in [2.24, 2.45) is 5.16 Å². The minimum atomic E-state index is 0.308. The lowest BCUT2D eigenvalue weighted by molar-refractivity contribution is -0.0165. The van der Waals surface area contributed by atoms with Gasteiger partial charge in [0.15, 0.2) is 6.79 Å². The fourth-order valence-electron chi connectivity index (χ4n) is 2.30. The maximum absolute atomic E-state index is 5.45. The predicted octanol–water partition coefficient (Wildman–Crippen LogP) is 3.72. The first-order valence-electron chi connectivity index (χ1n) is 7.27. The minimum absolute atomic E-state index is 0.308. The number of benzene rings is 2. The smallest absolute Gasteiger partial charge is 0.189 e. The monoisotopic (exact) mass is 297 g/mol. The van der Waals surface area contributed by atoms with E-state index in [1.165, 1.54) is 11.1 Å². The fraction of sp³-hybridized carbons (Fsp3) is 0.278. The molecule has 0 unspecified atom stereocenters. The van der Waals surface area contributed by atoms with Crippen LogP contribution in [0.5, 0.6) is 5.75 Å². The number of hydrogen-bond donors (Lipinski definition) is 0. The van der Waals surface area contributed by atoms with Crippen LogP contribution in [0.1, 0.15) is 27.8 Å². The van der Waals surface area contributed by atoms with E-state index in [0.29, 0.717) is 20.0 Å². The summed E-state index contributed by atoms with van der Waals surface area (Å²) < 4.78 is 10.7. The molecule has 0 saturated heterocycles. The average molecular weight is 297 g/mol. The average Bonchev–Trinajstić information content (AvgIpc) is 2.54. The summed E-state index contributed by atoms with van der Waals surface area (Å²) in [6, 6.07) is 12.2. The molecule has 114 valence electrons. The zero-order valence-corrected chi connectivity index (χ0v) is 12.8. The zero-order chi connectivity index (χ0) is 15.4. The summed E-state index contributed by atoms with van der Waals surface area (Å²) in [5, 5.41) is 4.06. The van der Waals surface area contributed by atoms with Crippen LogP contribution in [-0.4, -0.2) is 13.0 Å². The molecule has 0 amide bonds. The first-order valence-corrected chi connectivity index (χ1v) is 7.27. The van der Waals surface area contributed by atoms with Gasteiger partial charge < -0.3 is 14.3 Å². The lowest BCUT2D eigenvalue weighted by Crippen LogP contribution is -2.11. The Labute approximate surface area is 130 Å². The van der Waals surface area contributed by atoms with Crippen LogP contribution >= 0.6 is 0 Å². The fourth-order valence-corrected chi connectivity index (χ4v) is 2.30. The van der Waals surface area contributed by atoms with Crippen LogP contribution in [-0.2, 0) is 22.8 Å². The van der Waals surface area contributed by atoms with Crippen LogP contribution in [0.2, 0.25) is 0 Å². The van der Waals surface area contributed by atoms with Gasteiger partial charge in [-0.15, -0.1) is 0 Å². The van der Waals surface area contributed by atoms with Crippen molar-refractivity contribution in [2.75, 3.05) is 6.79 Å². The van der Waals surface area contributed by atoms with E-state index >= 15 is 0 Å². The van der Waals surface area contributed by atoms with Gasteiger partial charge >= 0.3 is 0 Å². The van der Waals surface area contributed by atoms with E-state index in [-0.39, 0.29) is 0 Å². The van der Waals surface area contributed by atoms with E-state index in [9.17, 15) is 0 Å². The molecule has 0 saturated carbocycles. The molecule has 0 bridgehead atoms.